The summed E-state index contributed by atoms with van der Waals surface area (Å²) >= 11 is 0. The van der Waals surface area contributed by atoms with Gasteiger partial charge in [-0.25, -0.2) is 0 Å². The summed E-state index contributed by atoms with van der Waals surface area (Å²) in [7, 11) is 0. The topological polar surface area (TPSA) is 88.6 Å². The average molecular weight is 347 g/mol. The average Bonchev–Trinajstić information content (AvgIpc) is 3.13. The third-order valence-corrected chi connectivity index (χ3v) is 5.62. The van der Waals surface area contributed by atoms with Gasteiger partial charge in [-0.15, -0.1) is 0 Å². The number of likely N-dealkylation sites (tertiary alicyclic amines) is 1. The maximum absolute atomic E-state index is 12.5. The Morgan fingerprint density at radius 3 is 2.52 bits per heavy atom. The molecule has 3 N–H and O–H groups in total. The first-order chi connectivity index (χ1) is 11.9. The van der Waals surface area contributed by atoms with Crippen LogP contribution in [0.15, 0.2) is 10.5 Å². The molecule has 2 fully saturated rings. The number of nitrogens with two attached hydrogens (primary N) is 1. The third-order valence-electron chi connectivity index (χ3n) is 5.62. The standard InChI is InChI=1S/C19H29N3O3/c1-12-10-16(13(2)25-12)19(24)21-15-6-8-22(9-7-15)18(23)11-14-4-3-5-17(14)20/h10,14-15,17H,3-9,11,20H2,1-2H3,(H,21,24)/t14-,17+/m0/s1. The van der Waals surface area contributed by atoms with Crippen molar-refractivity contribution in [2.45, 2.75) is 64.5 Å². The molecule has 25 heavy (non-hydrogen) atoms. The van der Waals surface area contributed by atoms with Crippen molar-refractivity contribution in [3.63, 3.8) is 0 Å². The Hall–Kier alpha value is -1.82. The molecule has 1 saturated carbocycles. The van der Waals surface area contributed by atoms with Gasteiger partial charge in [-0.3, -0.25) is 9.59 Å². The summed E-state index contributed by atoms with van der Waals surface area (Å²) in [6.45, 7) is 5.05. The van der Waals surface area contributed by atoms with E-state index in [1.54, 1.807) is 13.0 Å². The number of nitrogens with one attached hydrogen (secondary N) is 1. The van der Waals surface area contributed by atoms with Gasteiger partial charge >= 0.3 is 0 Å². The van der Waals surface area contributed by atoms with Crippen LogP contribution in [0.4, 0.5) is 0 Å². The summed E-state index contributed by atoms with van der Waals surface area (Å²) in [4.78, 5) is 26.8. The van der Waals surface area contributed by atoms with Gasteiger partial charge in [-0.1, -0.05) is 6.42 Å². The van der Waals surface area contributed by atoms with E-state index in [2.05, 4.69) is 5.32 Å². The smallest absolute Gasteiger partial charge is 0.255 e. The van der Waals surface area contributed by atoms with Gasteiger partial charge < -0.3 is 20.4 Å². The lowest BCUT2D eigenvalue weighted by atomic mass is 9.98. The second-order valence-electron chi connectivity index (χ2n) is 7.51. The van der Waals surface area contributed by atoms with Crippen molar-refractivity contribution in [2.24, 2.45) is 11.7 Å². The van der Waals surface area contributed by atoms with Gasteiger partial charge in [0, 0.05) is 31.6 Å². The SMILES string of the molecule is Cc1cc(C(=O)NC2CCN(C(=O)C[C@@H]3CCC[C@H]3N)CC2)c(C)o1. The zero-order valence-electron chi connectivity index (χ0n) is 15.2. The summed E-state index contributed by atoms with van der Waals surface area (Å²) in [6, 6.07) is 2.07. The molecule has 0 radical (unpaired) electrons. The fraction of sp³-hybridized carbons (Fsp3) is 0.684. The van der Waals surface area contributed by atoms with Crippen molar-refractivity contribution in [3.05, 3.63) is 23.2 Å². The Bertz CT molecular complexity index is 632. The molecule has 1 aromatic rings. The third kappa shape index (κ3) is 4.24. The predicted molar refractivity (Wildman–Crippen MR) is 95.2 cm³/mol. The molecule has 1 aromatic heterocycles. The van der Waals surface area contributed by atoms with E-state index in [4.69, 9.17) is 10.2 Å². The maximum Gasteiger partial charge on any atom is 0.255 e. The highest BCUT2D eigenvalue weighted by atomic mass is 16.3. The predicted octanol–water partition coefficient (Wildman–Crippen LogP) is 2.13. The zero-order valence-corrected chi connectivity index (χ0v) is 15.2. The molecule has 2 heterocycles. The van der Waals surface area contributed by atoms with Gasteiger partial charge in [0.2, 0.25) is 5.91 Å². The Morgan fingerprint density at radius 1 is 1.24 bits per heavy atom. The van der Waals surface area contributed by atoms with Gasteiger partial charge in [0.1, 0.15) is 11.5 Å². The van der Waals surface area contributed by atoms with Gasteiger partial charge in [-0.05, 0) is 51.5 Å². The highest BCUT2D eigenvalue weighted by Crippen LogP contribution is 2.28. The summed E-state index contributed by atoms with van der Waals surface area (Å²) in [5, 5.41) is 3.07. The molecule has 1 aliphatic heterocycles. The van der Waals surface area contributed by atoms with Crippen LogP contribution in [0.25, 0.3) is 0 Å². The van der Waals surface area contributed by atoms with E-state index in [1.165, 1.54) is 0 Å². The first-order valence-electron chi connectivity index (χ1n) is 9.35. The van der Waals surface area contributed by atoms with E-state index >= 15 is 0 Å². The van der Waals surface area contributed by atoms with Crippen LogP contribution < -0.4 is 11.1 Å². The highest BCUT2D eigenvalue weighted by molar-refractivity contribution is 5.95. The van der Waals surface area contributed by atoms with Crippen LogP contribution in [0.1, 0.15) is 60.4 Å². The number of rotatable bonds is 4. The molecule has 2 amide bonds. The first-order valence-corrected chi connectivity index (χ1v) is 9.35. The second-order valence-corrected chi connectivity index (χ2v) is 7.51. The summed E-state index contributed by atoms with van der Waals surface area (Å²) in [5.74, 6) is 1.87. The molecule has 0 spiro atoms. The molecule has 2 atom stereocenters. The molecule has 0 bridgehead atoms. The Morgan fingerprint density at radius 2 is 1.96 bits per heavy atom. The lowest BCUT2D eigenvalue weighted by Crippen LogP contribution is -2.47. The van der Waals surface area contributed by atoms with E-state index in [0.717, 1.165) is 37.9 Å². The fourth-order valence-electron chi connectivity index (χ4n) is 4.06. The lowest BCUT2D eigenvalue weighted by Gasteiger charge is -2.33. The summed E-state index contributed by atoms with van der Waals surface area (Å²) < 4.78 is 5.42. The minimum Gasteiger partial charge on any atom is -0.466 e. The van der Waals surface area contributed by atoms with E-state index in [9.17, 15) is 9.59 Å². The van der Waals surface area contributed by atoms with Gasteiger partial charge in [0.25, 0.3) is 5.91 Å². The molecule has 0 aromatic carbocycles. The van der Waals surface area contributed by atoms with Crippen molar-refractivity contribution in [1.82, 2.24) is 10.2 Å². The molecule has 3 rings (SSSR count). The minimum absolute atomic E-state index is 0.0870. The van der Waals surface area contributed by atoms with Gasteiger partial charge in [0.05, 0.1) is 5.56 Å². The van der Waals surface area contributed by atoms with E-state index in [-0.39, 0.29) is 23.9 Å². The number of piperidine rings is 1. The monoisotopic (exact) mass is 347 g/mol. The zero-order chi connectivity index (χ0) is 18.0. The van der Waals surface area contributed by atoms with Crippen LogP contribution in [-0.2, 0) is 4.79 Å². The van der Waals surface area contributed by atoms with Crippen LogP contribution in [0.5, 0.6) is 0 Å². The highest BCUT2D eigenvalue weighted by Gasteiger charge is 2.30. The van der Waals surface area contributed by atoms with E-state index < -0.39 is 0 Å². The Balaban J connectivity index is 1.46. The molecule has 6 nitrogen and oxygen atoms in total. The summed E-state index contributed by atoms with van der Waals surface area (Å²) in [5.41, 5.74) is 6.68. The van der Waals surface area contributed by atoms with Crippen LogP contribution >= 0.6 is 0 Å². The van der Waals surface area contributed by atoms with Crippen LogP contribution in [0.3, 0.4) is 0 Å². The van der Waals surface area contributed by atoms with Crippen molar-refractivity contribution < 1.29 is 14.0 Å². The van der Waals surface area contributed by atoms with Crippen molar-refractivity contribution in [1.29, 1.82) is 0 Å². The van der Waals surface area contributed by atoms with E-state index in [0.29, 0.717) is 36.8 Å². The number of aryl methyl sites for hydroxylation is 2. The van der Waals surface area contributed by atoms with Crippen LogP contribution in [-0.4, -0.2) is 41.9 Å². The number of carbonyl (C=O) groups is 2. The maximum atomic E-state index is 12.5. The molecule has 2 aliphatic rings. The normalized spacial score (nSPS) is 24.5. The molecule has 0 unspecified atom stereocenters. The van der Waals surface area contributed by atoms with Crippen molar-refractivity contribution in [3.8, 4) is 0 Å². The quantitative estimate of drug-likeness (QED) is 0.873. The van der Waals surface area contributed by atoms with E-state index in [1.807, 2.05) is 11.8 Å². The molecule has 6 heteroatoms. The Labute approximate surface area is 149 Å². The van der Waals surface area contributed by atoms with Gasteiger partial charge in [-0.2, -0.15) is 0 Å². The molecule has 1 aliphatic carbocycles. The number of hydrogen-bond acceptors (Lipinski definition) is 4. The number of furan rings is 1. The molecular formula is C19H29N3O3. The molecule has 1 saturated heterocycles. The number of amides is 2. The molecule has 138 valence electrons. The minimum atomic E-state index is -0.0870. The van der Waals surface area contributed by atoms with Crippen molar-refractivity contribution >= 4 is 11.8 Å². The number of nitrogens with zero attached hydrogens (tertiary/aromatic N) is 1. The first kappa shape index (κ1) is 18.0. The van der Waals surface area contributed by atoms with Crippen LogP contribution in [0.2, 0.25) is 0 Å². The Kier molecular flexibility index (Phi) is 5.47. The lowest BCUT2D eigenvalue weighted by molar-refractivity contribution is -0.133. The second kappa shape index (κ2) is 7.60. The number of carbonyl (C=O) groups excluding carboxylic acids is 2. The molecular weight excluding hydrogens is 318 g/mol. The number of hydrogen-bond donors (Lipinski definition) is 2. The summed E-state index contributed by atoms with van der Waals surface area (Å²) in [6.07, 6.45) is 5.42. The van der Waals surface area contributed by atoms with Crippen molar-refractivity contribution in [2.75, 3.05) is 13.1 Å². The fourth-order valence-corrected chi connectivity index (χ4v) is 4.06. The largest absolute Gasteiger partial charge is 0.466 e. The van der Waals surface area contributed by atoms with Gasteiger partial charge in [0.15, 0.2) is 0 Å². The van der Waals surface area contributed by atoms with Crippen LogP contribution in [0, 0.1) is 19.8 Å².